The summed E-state index contributed by atoms with van der Waals surface area (Å²) in [6, 6.07) is 15.5. The first-order valence-corrected chi connectivity index (χ1v) is 9.65. The number of benzene rings is 2. The number of nitrogens with zero attached hydrogens (tertiary/aromatic N) is 3. The van der Waals surface area contributed by atoms with Crippen molar-refractivity contribution in [2.24, 2.45) is 5.92 Å². The van der Waals surface area contributed by atoms with Crippen LogP contribution in [0, 0.1) is 5.92 Å². The quantitative estimate of drug-likeness (QED) is 0.735. The van der Waals surface area contributed by atoms with Gasteiger partial charge < -0.3 is 10.0 Å². The van der Waals surface area contributed by atoms with Crippen molar-refractivity contribution < 1.29 is 14.7 Å². The van der Waals surface area contributed by atoms with Gasteiger partial charge in [-0.3, -0.25) is 14.2 Å². The monoisotopic (exact) mass is 377 g/mol. The number of imidazole rings is 1. The number of hydrogen-bond acceptors (Lipinski definition) is 3. The number of rotatable bonds is 5. The van der Waals surface area contributed by atoms with Crippen LogP contribution in [-0.2, 0) is 4.79 Å². The molecule has 1 atom stereocenters. The van der Waals surface area contributed by atoms with Crippen LogP contribution in [0.3, 0.4) is 0 Å². The Kier molecular flexibility index (Phi) is 5.10. The molecule has 1 amide bonds. The SMILES string of the molecule is O=C(O)CCC1CCCN(C(=O)c2ccc(-n3cnc4ccccc43)cc2)C1. The van der Waals surface area contributed by atoms with E-state index in [-0.39, 0.29) is 18.2 Å². The molecule has 1 unspecified atom stereocenters. The van der Waals surface area contributed by atoms with Gasteiger partial charge in [0.05, 0.1) is 11.0 Å². The fraction of sp³-hybridized carbons (Fsp3) is 0.318. The Morgan fingerprint density at radius 1 is 1.11 bits per heavy atom. The Balaban J connectivity index is 1.47. The zero-order valence-electron chi connectivity index (χ0n) is 15.6. The van der Waals surface area contributed by atoms with Gasteiger partial charge in [0.2, 0.25) is 0 Å². The largest absolute Gasteiger partial charge is 0.481 e. The van der Waals surface area contributed by atoms with Crippen molar-refractivity contribution in [1.29, 1.82) is 0 Å². The Bertz CT molecular complexity index is 994. The molecule has 1 saturated heterocycles. The Morgan fingerprint density at radius 3 is 2.68 bits per heavy atom. The van der Waals surface area contributed by atoms with Crippen molar-refractivity contribution >= 4 is 22.9 Å². The molecule has 6 heteroatoms. The van der Waals surface area contributed by atoms with E-state index in [2.05, 4.69) is 4.98 Å². The number of amides is 1. The molecule has 0 spiro atoms. The Morgan fingerprint density at radius 2 is 1.89 bits per heavy atom. The molecule has 2 heterocycles. The highest BCUT2D eigenvalue weighted by Gasteiger charge is 2.24. The van der Waals surface area contributed by atoms with E-state index in [1.165, 1.54) is 0 Å². The van der Waals surface area contributed by atoms with Crippen molar-refractivity contribution in [2.45, 2.75) is 25.7 Å². The van der Waals surface area contributed by atoms with E-state index in [9.17, 15) is 9.59 Å². The van der Waals surface area contributed by atoms with E-state index in [4.69, 9.17) is 5.11 Å². The van der Waals surface area contributed by atoms with Crippen LogP contribution in [-0.4, -0.2) is 44.5 Å². The molecule has 6 nitrogen and oxygen atoms in total. The van der Waals surface area contributed by atoms with Gasteiger partial charge in [-0.25, -0.2) is 4.98 Å². The van der Waals surface area contributed by atoms with Crippen molar-refractivity contribution in [1.82, 2.24) is 14.5 Å². The second kappa shape index (κ2) is 7.84. The van der Waals surface area contributed by atoms with E-state index < -0.39 is 5.97 Å². The van der Waals surface area contributed by atoms with Crippen LogP contribution in [0.25, 0.3) is 16.7 Å². The number of carbonyl (C=O) groups is 2. The minimum atomic E-state index is -0.772. The molecule has 0 radical (unpaired) electrons. The molecule has 1 aliphatic rings. The molecule has 1 fully saturated rings. The second-order valence-electron chi connectivity index (χ2n) is 7.34. The van der Waals surface area contributed by atoms with Crippen LogP contribution in [0.2, 0.25) is 0 Å². The van der Waals surface area contributed by atoms with Crippen LogP contribution in [0.1, 0.15) is 36.0 Å². The lowest BCUT2D eigenvalue weighted by Gasteiger charge is -2.32. The number of fused-ring (bicyclic) bond motifs is 1. The standard InChI is InChI=1S/C22H23N3O3/c26-21(27)12-7-16-4-3-13-24(14-16)22(28)17-8-10-18(11-9-17)25-15-23-19-5-1-2-6-20(19)25/h1-2,5-6,8-11,15-16H,3-4,7,12-14H2,(H,26,27). The molecule has 1 N–H and O–H groups in total. The summed E-state index contributed by atoms with van der Waals surface area (Å²) in [7, 11) is 0. The third-order valence-corrected chi connectivity index (χ3v) is 5.42. The summed E-state index contributed by atoms with van der Waals surface area (Å²) < 4.78 is 2.01. The number of hydrogen-bond donors (Lipinski definition) is 1. The molecule has 2 aromatic carbocycles. The summed E-state index contributed by atoms with van der Waals surface area (Å²) >= 11 is 0. The topological polar surface area (TPSA) is 75.4 Å². The summed E-state index contributed by atoms with van der Waals surface area (Å²) in [6.07, 6.45) is 4.50. The van der Waals surface area contributed by atoms with Gasteiger partial charge in [-0.05, 0) is 61.6 Å². The maximum absolute atomic E-state index is 12.9. The molecule has 0 saturated carbocycles. The molecule has 4 rings (SSSR count). The van der Waals surface area contributed by atoms with E-state index in [1.54, 1.807) is 6.33 Å². The van der Waals surface area contributed by atoms with Crippen LogP contribution in [0.5, 0.6) is 0 Å². The molecule has 1 aliphatic heterocycles. The van der Waals surface area contributed by atoms with Gasteiger partial charge in [-0.2, -0.15) is 0 Å². The average Bonchev–Trinajstić information content (AvgIpc) is 3.16. The third kappa shape index (κ3) is 3.76. The van der Waals surface area contributed by atoms with Crippen molar-refractivity contribution in [3.63, 3.8) is 0 Å². The molecule has 144 valence electrons. The summed E-state index contributed by atoms with van der Waals surface area (Å²) in [5.41, 5.74) is 3.58. The number of carboxylic acid groups (broad SMARTS) is 1. The molecule has 3 aromatic rings. The van der Waals surface area contributed by atoms with E-state index in [0.29, 0.717) is 18.5 Å². The highest BCUT2D eigenvalue weighted by molar-refractivity contribution is 5.94. The zero-order valence-corrected chi connectivity index (χ0v) is 15.6. The lowest BCUT2D eigenvalue weighted by molar-refractivity contribution is -0.137. The number of aliphatic carboxylic acids is 1. The molecule has 28 heavy (non-hydrogen) atoms. The number of aromatic nitrogens is 2. The van der Waals surface area contributed by atoms with Crippen LogP contribution >= 0.6 is 0 Å². The van der Waals surface area contributed by atoms with Crippen LogP contribution in [0.4, 0.5) is 0 Å². The predicted molar refractivity (Wildman–Crippen MR) is 107 cm³/mol. The lowest BCUT2D eigenvalue weighted by Crippen LogP contribution is -2.40. The van der Waals surface area contributed by atoms with Crippen molar-refractivity contribution in [3.8, 4) is 5.69 Å². The summed E-state index contributed by atoms with van der Waals surface area (Å²) in [5.74, 6) is -0.487. The fourth-order valence-electron chi connectivity index (χ4n) is 3.92. The van der Waals surface area contributed by atoms with Gasteiger partial charge in [0.1, 0.15) is 6.33 Å². The zero-order chi connectivity index (χ0) is 19.5. The highest BCUT2D eigenvalue weighted by atomic mass is 16.4. The summed E-state index contributed by atoms with van der Waals surface area (Å²) in [6.45, 7) is 1.37. The first-order chi connectivity index (χ1) is 13.6. The van der Waals surface area contributed by atoms with Gasteiger partial charge in [-0.15, -0.1) is 0 Å². The Labute approximate surface area is 163 Å². The van der Waals surface area contributed by atoms with Crippen molar-refractivity contribution in [2.75, 3.05) is 13.1 Å². The van der Waals surface area contributed by atoms with Gasteiger partial charge in [0.15, 0.2) is 0 Å². The molecular formula is C22H23N3O3. The number of likely N-dealkylation sites (tertiary alicyclic amines) is 1. The second-order valence-corrected chi connectivity index (χ2v) is 7.34. The van der Waals surface area contributed by atoms with Crippen molar-refractivity contribution in [3.05, 3.63) is 60.4 Å². The van der Waals surface area contributed by atoms with E-state index in [0.717, 1.165) is 36.1 Å². The molecule has 0 aliphatic carbocycles. The van der Waals surface area contributed by atoms with Crippen LogP contribution in [0.15, 0.2) is 54.9 Å². The van der Waals surface area contributed by atoms with Gasteiger partial charge in [0.25, 0.3) is 5.91 Å². The van der Waals surface area contributed by atoms with Crippen LogP contribution < -0.4 is 0 Å². The third-order valence-electron chi connectivity index (χ3n) is 5.42. The number of piperidine rings is 1. The first kappa shape index (κ1) is 18.2. The van der Waals surface area contributed by atoms with E-state index in [1.807, 2.05) is 58.0 Å². The normalized spacial score (nSPS) is 17.0. The first-order valence-electron chi connectivity index (χ1n) is 9.65. The predicted octanol–water partition coefficient (Wildman–Crippen LogP) is 3.74. The maximum atomic E-state index is 12.9. The smallest absolute Gasteiger partial charge is 0.303 e. The molecule has 1 aromatic heterocycles. The van der Waals surface area contributed by atoms with Gasteiger partial charge >= 0.3 is 5.97 Å². The lowest BCUT2D eigenvalue weighted by atomic mass is 9.93. The van der Waals surface area contributed by atoms with E-state index >= 15 is 0 Å². The number of carboxylic acids is 1. The fourth-order valence-corrected chi connectivity index (χ4v) is 3.92. The average molecular weight is 377 g/mol. The summed E-state index contributed by atoms with van der Waals surface area (Å²) in [4.78, 5) is 30.0. The highest BCUT2D eigenvalue weighted by Crippen LogP contribution is 2.23. The van der Waals surface area contributed by atoms with Gasteiger partial charge in [-0.1, -0.05) is 12.1 Å². The number of para-hydroxylation sites is 2. The number of carbonyl (C=O) groups excluding carboxylic acids is 1. The Hall–Kier alpha value is -3.15. The summed E-state index contributed by atoms with van der Waals surface area (Å²) in [5, 5.41) is 8.88. The minimum absolute atomic E-state index is 0.0158. The molecule has 0 bridgehead atoms. The maximum Gasteiger partial charge on any atom is 0.303 e. The minimum Gasteiger partial charge on any atom is -0.481 e. The molecular weight excluding hydrogens is 354 g/mol. The van der Waals surface area contributed by atoms with Gasteiger partial charge in [0, 0.05) is 30.8 Å².